The van der Waals surface area contributed by atoms with Crippen molar-refractivity contribution in [3.63, 3.8) is 0 Å². The number of nitro groups is 1. The van der Waals surface area contributed by atoms with Crippen molar-refractivity contribution in [1.82, 2.24) is 5.43 Å². The van der Waals surface area contributed by atoms with Crippen LogP contribution in [-0.4, -0.2) is 16.5 Å². The first-order chi connectivity index (χ1) is 9.99. The number of furan rings is 1. The quantitative estimate of drug-likeness (QED) is 0.531. The molecule has 1 aromatic carbocycles. The zero-order valence-corrected chi connectivity index (χ0v) is 11.5. The highest BCUT2D eigenvalue weighted by Crippen LogP contribution is 2.19. The van der Waals surface area contributed by atoms with Crippen molar-refractivity contribution in [1.29, 1.82) is 0 Å². The average Bonchev–Trinajstić information content (AvgIpc) is 2.98. The minimum atomic E-state index is -0.524. The Balaban J connectivity index is 2.16. The predicted molar refractivity (Wildman–Crippen MR) is 76.2 cm³/mol. The van der Waals surface area contributed by atoms with Crippen molar-refractivity contribution in [2.75, 3.05) is 0 Å². The number of aryl methyl sites for hydroxylation is 1. The number of carbonyl (C=O) groups excluding carboxylic acids is 1. The summed E-state index contributed by atoms with van der Waals surface area (Å²) in [6, 6.07) is 7.68. The Hall–Kier alpha value is -2.96. The molecule has 0 radical (unpaired) electrons. The van der Waals surface area contributed by atoms with Crippen LogP contribution < -0.4 is 5.43 Å². The second-order valence-corrected chi connectivity index (χ2v) is 4.37. The fraction of sp³-hybridized carbons (Fsp3) is 0.143. The molecule has 0 spiro atoms. The Morgan fingerprint density at radius 3 is 2.76 bits per heavy atom. The van der Waals surface area contributed by atoms with Crippen LogP contribution in [0.2, 0.25) is 0 Å². The standard InChI is InChI=1S/C14H13N3O4/c1-9-5-6-11(8-12(9)17(19)20)14(18)16-15-10(2)13-4-3-7-21-13/h3-8H,1-2H3,(H,16,18). The van der Waals surface area contributed by atoms with E-state index in [1.807, 2.05) is 0 Å². The molecular weight excluding hydrogens is 274 g/mol. The van der Waals surface area contributed by atoms with E-state index >= 15 is 0 Å². The zero-order chi connectivity index (χ0) is 15.4. The number of hydrogen-bond donors (Lipinski definition) is 1. The molecular formula is C14H13N3O4. The van der Waals surface area contributed by atoms with Gasteiger partial charge in [0.05, 0.1) is 11.2 Å². The van der Waals surface area contributed by atoms with Gasteiger partial charge >= 0.3 is 0 Å². The van der Waals surface area contributed by atoms with E-state index < -0.39 is 10.8 Å². The van der Waals surface area contributed by atoms with E-state index in [1.54, 1.807) is 26.0 Å². The van der Waals surface area contributed by atoms with Crippen LogP contribution in [0.4, 0.5) is 5.69 Å². The van der Waals surface area contributed by atoms with Crippen LogP contribution in [0.5, 0.6) is 0 Å². The van der Waals surface area contributed by atoms with Crippen LogP contribution in [0, 0.1) is 17.0 Å². The summed E-state index contributed by atoms with van der Waals surface area (Å²) < 4.78 is 5.13. The van der Waals surface area contributed by atoms with Crippen LogP contribution in [0.1, 0.15) is 28.6 Å². The van der Waals surface area contributed by atoms with Gasteiger partial charge in [-0.25, -0.2) is 5.43 Å². The van der Waals surface area contributed by atoms with E-state index in [0.29, 0.717) is 17.0 Å². The average molecular weight is 287 g/mol. The fourth-order valence-corrected chi connectivity index (χ4v) is 1.69. The number of amides is 1. The second kappa shape index (κ2) is 6.00. The van der Waals surface area contributed by atoms with E-state index in [1.165, 1.54) is 24.5 Å². The van der Waals surface area contributed by atoms with Crippen LogP contribution in [0.25, 0.3) is 0 Å². The third-order valence-corrected chi connectivity index (χ3v) is 2.87. The molecule has 21 heavy (non-hydrogen) atoms. The number of nitro benzene ring substituents is 1. The first kappa shape index (κ1) is 14.4. The maximum Gasteiger partial charge on any atom is 0.273 e. The topological polar surface area (TPSA) is 97.7 Å². The highest BCUT2D eigenvalue weighted by Gasteiger charge is 2.14. The van der Waals surface area contributed by atoms with Crippen molar-refractivity contribution in [3.05, 3.63) is 63.6 Å². The van der Waals surface area contributed by atoms with Gasteiger partial charge in [-0.1, -0.05) is 6.07 Å². The molecule has 7 nitrogen and oxygen atoms in total. The van der Waals surface area contributed by atoms with Gasteiger partial charge in [-0.3, -0.25) is 14.9 Å². The molecule has 1 heterocycles. The Labute approximate surface area is 120 Å². The summed E-state index contributed by atoms with van der Waals surface area (Å²) >= 11 is 0. The van der Waals surface area contributed by atoms with Gasteiger partial charge in [-0.2, -0.15) is 5.10 Å². The van der Waals surface area contributed by atoms with Crippen LogP contribution >= 0.6 is 0 Å². The van der Waals surface area contributed by atoms with Crippen LogP contribution in [-0.2, 0) is 0 Å². The first-order valence-electron chi connectivity index (χ1n) is 6.12. The molecule has 0 fully saturated rings. The molecule has 0 aliphatic heterocycles. The number of carbonyl (C=O) groups is 1. The Kier molecular flexibility index (Phi) is 4.13. The lowest BCUT2D eigenvalue weighted by Gasteiger charge is -2.03. The van der Waals surface area contributed by atoms with Gasteiger partial charge in [0.2, 0.25) is 0 Å². The van der Waals surface area contributed by atoms with E-state index in [0.717, 1.165) is 0 Å². The Bertz CT molecular complexity index is 705. The molecule has 0 saturated carbocycles. The van der Waals surface area contributed by atoms with E-state index in [2.05, 4.69) is 10.5 Å². The van der Waals surface area contributed by atoms with Crippen molar-refractivity contribution in [2.24, 2.45) is 5.10 Å². The lowest BCUT2D eigenvalue weighted by atomic mass is 10.1. The van der Waals surface area contributed by atoms with Gasteiger partial charge in [0, 0.05) is 17.2 Å². The molecule has 0 saturated heterocycles. The molecule has 0 aliphatic carbocycles. The number of hydrazone groups is 1. The maximum absolute atomic E-state index is 11.9. The molecule has 0 bridgehead atoms. The summed E-state index contributed by atoms with van der Waals surface area (Å²) in [6.45, 7) is 3.29. The highest BCUT2D eigenvalue weighted by atomic mass is 16.6. The predicted octanol–water partition coefficient (Wildman–Crippen LogP) is 2.65. The monoisotopic (exact) mass is 287 g/mol. The first-order valence-corrected chi connectivity index (χ1v) is 6.12. The molecule has 7 heteroatoms. The van der Waals surface area contributed by atoms with Gasteiger partial charge < -0.3 is 4.42 Å². The third kappa shape index (κ3) is 3.33. The number of benzene rings is 1. The minimum absolute atomic E-state index is 0.102. The summed E-state index contributed by atoms with van der Waals surface area (Å²) in [7, 11) is 0. The van der Waals surface area contributed by atoms with Crippen molar-refractivity contribution < 1.29 is 14.1 Å². The molecule has 1 aromatic heterocycles. The van der Waals surface area contributed by atoms with Crippen molar-refractivity contribution >= 4 is 17.3 Å². The molecule has 2 aromatic rings. The fourth-order valence-electron chi connectivity index (χ4n) is 1.69. The van der Waals surface area contributed by atoms with Crippen molar-refractivity contribution in [2.45, 2.75) is 13.8 Å². The zero-order valence-electron chi connectivity index (χ0n) is 11.5. The Morgan fingerprint density at radius 1 is 1.38 bits per heavy atom. The molecule has 0 unspecified atom stereocenters. The summed E-state index contributed by atoms with van der Waals surface area (Å²) in [5, 5.41) is 14.7. The van der Waals surface area contributed by atoms with E-state index in [9.17, 15) is 14.9 Å². The molecule has 108 valence electrons. The number of nitrogens with one attached hydrogen (secondary N) is 1. The van der Waals surface area contributed by atoms with Crippen LogP contribution in [0.3, 0.4) is 0 Å². The van der Waals surface area contributed by atoms with Crippen LogP contribution in [0.15, 0.2) is 46.1 Å². The second-order valence-electron chi connectivity index (χ2n) is 4.37. The molecule has 0 atom stereocenters. The van der Waals surface area contributed by atoms with Gasteiger partial charge in [0.15, 0.2) is 0 Å². The summed E-state index contributed by atoms with van der Waals surface area (Å²) in [5.74, 6) is 0.00851. The van der Waals surface area contributed by atoms with E-state index in [4.69, 9.17) is 4.42 Å². The molecule has 2 rings (SSSR count). The van der Waals surface area contributed by atoms with E-state index in [-0.39, 0.29) is 11.3 Å². The SMILES string of the molecule is CC(=NNC(=O)c1ccc(C)c([N+](=O)[O-])c1)c1ccco1. The third-order valence-electron chi connectivity index (χ3n) is 2.87. The van der Waals surface area contributed by atoms with Crippen molar-refractivity contribution in [3.8, 4) is 0 Å². The normalized spacial score (nSPS) is 11.2. The van der Waals surface area contributed by atoms with Gasteiger partial charge in [0.25, 0.3) is 11.6 Å². The lowest BCUT2D eigenvalue weighted by Crippen LogP contribution is -2.19. The maximum atomic E-state index is 11.9. The summed E-state index contributed by atoms with van der Waals surface area (Å²) in [4.78, 5) is 22.3. The summed E-state index contributed by atoms with van der Waals surface area (Å²) in [5.41, 5.74) is 3.39. The minimum Gasteiger partial charge on any atom is -0.463 e. The summed E-state index contributed by atoms with van der Waals surface area (Å²) in [6.07, 6.45) is 1.50. The van der Waals surface area contributed by atoms with Gasteiger partial charge in [-0.05, 0) is 32.0 Å². The molecule has 1 amide bonds. The molecule has 0 aliphatic rings. The molecule has 1 N–H and O–H groups in total. The smallest absolute Gasteiger partial charge is 0.273 e. The largest absolute Gasteiger partial charge is 0.463 e. The highest BCUT2D eigenvalue weighted by molar-refractivity contribution is 5.99. The van der Waals surface area contributed by atoms with Gasteiger partial charge in [-0.15, -0.1) is 0 Å². The number of nitrogens with zero attached hydrogens (tertiary/aromatic N) is 2. The number of rotatable bonds is 4. The number of hydrogen-bond acceptors (Lipinski definition) is 5. The Morgan fingerprint density at radius 2 is 2.14 bits per heavy atom. The van der Waals surface area contributed by atoms with Gasteiger partial charge in [0.1, 0.15) is 11.5 Å². The lowest BCUT2D eigenvalue weighted by molar-refractivity contribution is -0.385.